The predicted molar refractivity (Wildman–Crippen MR) is 73.0 cm³/mol. The highest BCUT2D eigenvalue weighted by Crippen LogP contribution is 2.36. The molecule has 1 saturated carbocycles. The van der Waals surface area contributed by atoms with Crippen LogP contribution in [-0.4, -0.2) is 46.0 Å². The number of aliphatic hydroxyl groups excluding tert-OH is 1. The van der Waals surface area contributed by atoms with Crippen LogP contribution in [0.25, 0.3) is 0 Å². The Hall–Kier alpha value is -1.14. The normalized spacial score (nSPS) is 35.2. The summed E-state index contributed by atoms with van der Waals surface area (Å²) in [6, 6.07) is 0. The Morgan fingerprint density at radius 3 is 3.00 bits per heavy atom. The van der Waals surface area contributed by atoms with E-state index in [4.69, 9.17) is 5.73 Å². The Labute approximate surface area is 113 Å². The summed E-state index contributed by atoms with van der Waals surface area (Å²) in [4.78, 5) is 6.83. The Morgan fingerprint density at radius 1 is 1.53 bits per heavy atom. The second-order valence-corrected chi connectivity index (χ2v) is 6.38. The number of aliphatic hydroxyl groups is 1. The zero-order valence-corrected chi connectivity index (χ0v) is 11.5. The van der Waals surface area contributed by atoms with Crippen LogP contribution in [-0.2, 0) is 0 Å². The Morgan fingerprint density at radius 2 is 2.32 bits per heavy atom. The number of H-pyrrole nitrogens is 1. The molecule has 0 amide bonds. The molecule has 6 heteroatoms. The molecular formula is C13H23N5O. The molecular weight excluding hydrogens is 242 g/mol. The molecule has 1 saturated heterocycles. The van der Waals surface area contributed by atoms with Crippen molar-refractivity contribution in [2.75, 3.05) is 24.5 Å². The van der Waals surface area contributed by atoms with Gasteiger partial charge < -0.3 is 15.7 Å². The molecule has 6 nitrogen and oxygen atoms in total. The van der Waals surface area contributed by atoms with E-state index >= 15 is 0 Å². The number of aromatic nitrogens is 3. The molecule has 0 aromatic carbocycles. The van der Waals surface area contributed by atoms with Crippen molar-refractivity contribution < 1.29 is 5.11 Å². The number of anilines is 1. The highest BCUT2D eigenvalue weighted by Gasteiger charge is 2.34. The number of hydrogen-bond donors (Lipinski definition) is 3. The van der Waals surface area contributed by atoms with Crippen LogP contribution in [0.4, 0.5) is 5.95 Å². The average Bonchev–Trinajstić information content (AvgIpc) is 2.84. The summed E-state index contributed by atoms with van der Waals surface area (Å²) in [5, 5.41) is 16.7. The van der Waals surface area contributed by atoms with E-state index < -0.39 is 0 Å². The molecule has 19 heavy (non-hydrogen) atoms. The lowest BCUT2D eigenvalue weighted by Crippen LogP contribution is -2.46. The summed E-state index contributed by atoms with van der Waals surface area (Å²) < 4.78 is 0. The average molecular weight is 265 g/mol. The summed E-state index contributed by atoms with van der Waals surface area (Å²) in [5.41, 5.74) is 6.05. The van der Waals surface area contributed by atoms with Crippen molar-refractivity contribution in [3.05, 3.63) is 5.82 Å². The van der Waals surface area contributed by atoms with Gasteiger partial charge in [0.15, 0.2) is 0 Å². The fourth-order valence-electron chi connectivity index (χ4n) is 3.05. The van der Waals surface area contributed by atoms with E-state index in [0.717, 1.165) is 44.1 Å². The van der Waals surface area contributed by atoms with E-state index in [2.05, 4.69) is 27.0 Å². The lowest BCUT2D eigenvalue weighted by atomic mass is 9.82. The number of nitrogens with zero attached hydrogens (tertiary/aromatic N) is 3. The number of aromatic amines is 1. The molecule has 1 aromatic heterocycles. The third kappa shape index (κ3) is 2.47. The monoisotopic (exact) mass is 265 g/mol. The lowest BCUT2D eigenvalue weighted by Gasteiger charge is -2.39. The van der Waals surface area contributed by atoms with Crippen LogP contribution in [0, 0.1) is 5.41 Å². The first kappa shape index (κ1) is 12.9. The van der Waals surface area contributed by atoms with Gasteiger partial charge in [-0.1, -0.05) is 6.92 Å². The van der Waals surface area contributed by atoms with Crippen molar-refractivity contribution in [2.45, 2.75) is 44.6 Å². The van der Waals surface area contributed by atoms with Gasteiger partial charge in [0.2, 0.25) is 5.95 Å². The second kappa shape index (κ2) is 4.76. The Bertz CT molecular complexity index is 442. The van der Waals surface area contributed by atoms with E-state index in [1.54, 1.807) is 0 Å². The molecule has 0 bridgehead atoms. The van der Waals surface area contributed by atoms with Crippen molar-refractivity contribution in [1.82, 2.24) is 15.2 Å². The highest BCUT2D eigenvalue weighted by molar-refractivity contribution is 5.31. The summed E-state index contributed by atoms with van der Waals surface area (Å²) in [6.45, 7) is 4.86. The van der Waals surface area contributed by atoms with Crippen LogP contribution >= 0.6 is 0 Å². The minimum absolute atomic E-state index is 0.158. The second-order valence-electron chi connectivity index (χ2n) is 6.38. The van der Waals surface area contributed by atoms with Crippen molar-refractivity contribution in [3.63, 3.8) is 0 Å². The third-order valence-corrected chi connectivity index (χ3v) is 4.55. The molecule has 1 atom stereocenters. The van der Waals surface area contributed by atoms with Gasteiger partial charge in [-0.25, -0.2) is 0 Å². The molecule has 0 spiro atoms. The summed E-state index contributed by atoms with van der Waals surface area (Å²) in [6.07, 6.45) is 3.75. The summed E-state index contributed by atoms with van der Waals surface area (Å²) >= 11 is 0. The SMILES string of the molecule is CC1(CN)CCCN(c2n[nH]c(C3CC(O)C3)n2)C1. The topological polar surface area (TPSA) is 91.1 Å². The molecule has 1 aromatic rings. The lowest BCUT2D eigenvalue weighted by molar-refractivity contribution is 0.0718. The first-order chi connectivity index (χ1) is 9.09. The minimum Gasteiger partial charge on any atom is -0.393 e. The number of piperidine rings is 1. The van der Waals surface area contributed by atoms with E-state index in [0.29, 0.717) is 12.5 Å². The number of nitrogens with two attached hydrogens (primary N) is 1. The van der Waals surface area contributed by atoms with Crippen molar-refractivity contribution in [3.8, 4) is 0 Å². The van der Waals surface area contributed by atoms with Crippen LogP contribution in [0.5, 0.6) is 0 Å². The van der Waals surface area contributed by atoms with Crippen LogP contribution in [0.15, 0.2) is 0 Å². The first-order valence-corrected chi connectivity index (χ1v) is 7.15. The molecule has 106 valence electrons. The highest BCUT2D eigenvalue weighted by atomic mass is 16.3. The van der Waals surface area contributed by atoms with E-state index in [1.807, 2.05) is 0 Å². The van der Waals surface area contributed by atoms with Gasteiger partial charge in [0.1, 0.15) is 5.82 Å². The Balaban J connectivity index is 1.68. The smallest absolute Gasteiger partial charge is 0.244 e. The summed E-state index contributed by atoms with van der Waals surface area (Å²) in [7, 11) is 0. The van der Waals surface area contributed by atoms with Gasteiger partial charge in [-0.3, -0.25) is 5.10 Å². The maximum absolute atomic E-state index is 9.35. The van der Waals surface area contributed by atoms with Gasteiger partial charge in [-0.05, 0) is 37.6 Å². The van der Waals surface area contributed by atoms with Gasteiger partial charge in [0.25, 0.3) is 0 Å². The van der Waals surface area contributed by atoms with Gasteiger partial charge in [-0.15, -0.1) is 5.10 Å². The van der Waals surface area contributed by atoms with Crippen molar-refractivity contribution in [1.29, 1.82) is 0 Å². The van der Waals surface area contributed by atoms with Gasteiger partial charge in [0.05, 0.1) is 6.10 Å². The quantitative estimate of drug-likeness (QED) is 0.745. The molecule has 0 radical (unpaired) electrons. The molecule has 1 unspecified atom stereocenters. The largest absolute Gasteiger partial charge is 0.393 e. The van der Waals surface area contributed by atoms with Gasteiger partial charge in [-0.2, -0.15) is 4.98 Å². The maximum atomic E-state index is 9.35. The summed E-state index contributed by atoms with van der Waals surface area (Å²) in [5.74, 6) is 2.05. The van der Waals surface area contributed by atoms with Crippen molar-refractivity contribution in [2.24, 2.45) is 11.1 Å². The fourth-order valence-corrected chi connectivity index (χ4v) is 3.05. The van der Waals surface area contributed by atoms with Crippen molar-refractivity contribution >= 4 is 5.95 Å². The van der Waals surface area contributed by atoms with E-state index in [1.165, 1.54) is 6.42 Å². The van der Waals surface area contributed by atoms with Crippen LogP contribution in [0.3, 0.4) is 0 Å². The number of nitrogens with one attached hydrogen (secondary N) is 1. The fraction of sp³-hybridized carbons (Fsp3) is 0.846. The van der Waals surface area contributed by atoms with Gasteiger partial charge in [0, 0.05) is 19.0 Å². The van der Waals surface area contributed by atoms with E-state index in [-0.39, 0.29) is 11.5 Å². The minimum atomic E-state index is -0.158. The number of rotatable bonds is 3. The third-order valence-electron chi connectivity index (χ3n) is 4.55. The molecule has 1 aliphatic heterocycles. The zero-order valence-electron chi connectivity index (χ0n) is 11.5. The van der Waals surface area contributed by atoms with Crippen LogP contribution in [0.2, 0.25) is 0 Å². The van der Waals surface area contributed by atoms with E-state index in [9.17, 15) is 5.11 Å². The molecule has 2 fully saturated rings. The predicted octanol–water partition coefficient (Wildman–Crippen LogP) is 0.608. The molecule has 3 rings (SSSR count). The maximum Gasteiger partial charge on any atom is 0.244 e. The molecule has 2 aliphatic rings. The standard InChI is InChI=1S/C13H23N5O/c1-13(7-14)3-2-4-18(8-13)12-15-11(16-17-12)9-5-10(19)6-9/h9-10,19H,2-8,14H2,1H3,(H,15,16,17). The van der Waals surface area contributed by atoms with Crippen LogP contribution < -0.4 is 10.6 Å². The molecule has 1 aliphatic carbocycles. The molecule has 4 N–H and O–H groups in total. The Kier molecular flexibility index (Phi) is 3.22. The zero-order chi connectivity index (χ0) is 13.5. The first-order valence-electron chi connectivity index (χ1n) is 7.15. The van der Waals surface area contributed by atoms with Crippen LogP contribution in [0.1, 0.15) is 44.3 Å². The van der Waals surface area contributed by atoms with Gasteiger partial charge >= 0.3 is 0 Å². The number of hydrogen-bond acceptors (Lipinski definition) is 5. The molecule has 2 heterocycles.